The van der Waals surface area contributed by atoms with Crippen molar-refractivity contribution in [1.82, 2.24) is 24.6 Å². The van der Waals surface area contributed by atoms with E-state index in [1.54, 1.807) is 0 Å². The zero-order valence-corrected chi connectivity index (χ0v) is 11.1. The van der Waals surface area contributed by atoms with Crippen LogP contribution in [0.15, 0.2) is 24.7 Å². The van der Waals surface area contributed by atoms with Crippen LogP contribution in [-0.2, 0) is 6.18 Å². The number of anilines is 1. The smallest absolute Gasteiger partial charge is 0.295 e. The first-order chi connectivity index (χ1) is 10.4. The third kappa shape index (κ3) is 2.38. The lowest BCUT2D eigenvalue weighted by molar-refractivity contribution is -0.137. The number of pyridine rings is 1. The summed E-state index contributed by atoms with van der Waals surface area (Å²) in [5.74, 6) is -0.549. The van der Waals surface area contributed by atoms with Gasteiger partial charge in [-0.2, -0.15) is 23.3 Å². The molecule has 0 aliphatic carbocycles. The fraction of sp³-hybridized carbons (Fsp3) is 0.167. The second-order valence-corrected chi connectivity index (χ2v) is 4.48. The summed E-state index contributed by atoms with van der Waals surface area (Å²) >= 11 is 0. The first-order valence-electron chi connectivity index (χ1n) is 6.09. The molecular formula is C12H9F3N6O. The number of hydrogen-bond acceptors (Lipinski definition) is 4. The number of carbonyl (C=O) groups excluding carboxylic acids is 1. The zero-order valence-electron chi connectivity index (χ0n) is 11.1. The van der Waals surface area contributed by atoms with Crippen molar-refractivity contribution in [3.05, 3.63) is 41.6 Å². The number of amides is 1. The molecule has 0 aliphatic rings. The molecule has 22 heavy (non-hydrogen) atoms. The minimum Gasteiger partial charge on any atom is -0.295 e. The van der Waals surface area contributed by atoms with Gasteiger partial charge in [-0.15, -0.1) is 0 Å². The van der Waals surface area contributed by atoms with Gasteiger partial charge in [-0.1, -0.05) is 0 Å². The lowest BCUT2D eigenvalue weighted by Crippen LogP contribution is -2.17. The van der Waals surface area contributed by atoms with Crippen molar-refractivity contribution < 1.29 is 18.0 Å². The molecule has 2 N–H and O–H groups in total. The Hall–Kier alpha value is -2.91. The van der Waals surface area contributed by atoms with Crippen LogP contribution >= 0.6 is 0 Å². The minimum absolute atomic E-state index is 0.00231. The summed E-state index contributed by atoms with van der Waals surface area (Å²) in [5.41, 5.74) is -0.326. The molecule has 0 unspecified atom stereocenters. The van der Waals surface area contributed by atoms with Gasteiger partial charge in [-0.3, -0.25) is 14.5 Å². The number of nitrogens with zero attached hydrogens (tertiary/aromatic N) is 4. The van der Waals surface area contributed by atoms with Gasteiger partial charge in [0.2, 0.25) is 5.95 Å². The summed E-state index contributed by atoms with van der Waals surface area (Å²) in [4.78, 5) is 20.0. The Morgan fingerprint density at radius 3 is 2.77 bits per heavy atom. The van der Waals surface area contributed by atoms with Crippen molar-refractivity contribution in [1.29, 1.82) is 0 Å². The molecule has 3 aromatic rings. The van der Waals surface area contributed by atoms with Crippen LogP contribution in [0.25, 0.3) is 5.65 Å². The molecule has 114 valence electrons. The molecule has 3 heterocycles. The third-order valence-corrected chi connectivity index (χ3v) is 2.98. The highest BCUT2D eigenvalue weighted by Gasteiger charge is 2.31. The zero-order chi connectivity index (χ0) is 15.9. The summed E-state index contributed by atoms with van der Waals surface area (Å²) in [7, 11) is 0. The molecule has 0 radical (unpaired) electrons. The monoisotopic (exact) mass is 310 g/mol. The second kappa shape index (κ2) is 4.83. The number of nitrogens with one attached hydrogen (secondary N) is 2. The van der Waals surface area contributed by atoms with Crippen molar-refractivity contribution in [3.8, 4) is 0 Å². The van der Waals surface area contributed by atoms with Crippen molar-refractivity contribution in [2.24, 2.45) is 0 Å². The first kappa shape index (κ1) is 14.0. The Morgan fingerprint density at radius 2 is 2.14 bits per heavy atom. The van der Waals surface area contributed by atoms with E-state index in [1.807, 2.05) is 0 Å². The second-order valence-electron chi connectivity index (χ2n) is 4.48. The van der Waals surface area contributed by atoms with Crippen LogP contribution in [0.3, 0.4) is 0 Å². The molecule has 3 rings (SSSR count). The van der Waals surface area contributed by atoms with Crippen LogP contribution in [0.2, 0.25) is 0 Å². The molecule has 0 aliphatic heterocycles. The number of aromatic nitrogens is 5. The van der Waals surface area contributed by atoms with E-state index in [9.17, 15) is 18.0 Å². The van der Waals surface area contributed by atoms with E-state index in [4.69, 9.17) is 0 Å². The number of aryl methyl sites for hydroxylation is 1. The van der Waals surface area contributed by atoms with Crippen molar-refractivity contribution in [2.75, 3.05) is 5.32 Å². The number of aromatic amines is 1. The molecule has 0 spiro atoms. The Labute approximate surface area is 121 Å². The Bertz CT molecular complexity index is 837. The van der Waals surface area contributed by atoms with Crippen LogP contribution in [0, 0.1) is 6.92 Å². The Morgan fingerprint density at radius 1 is 1.36 bits per heavy atom. The van der Waals surface area contributed by atoms with Gasteiger partial charge in [0.05, 0.1) is 11.3 Å². The van der Waals surface area contributed by atoms with E-state index in [2.05, 4.69) is 25.5 Å². The number of fused-ring (bicyclic) bond motifs is 1. The van der Waals surface area contributed by atoms with Gasteiger partial charge in [0, 0.05) is 6.20 Å². The summed E-state index contributed by atoms with van der Waals surface area (Å²) in [6.45, 7) is 1.54. The third-order valence-electron chi connectivity index (χ3n) is 2.98. The highest BCUT2D eigenvalue weighted by atomic mass is 19.4. The van der Waals surface area contributed by atoms with Crippen LogP contribution in [0.4, 0.5) is 19.1 Å². The molecule has 0 saturated carbocycles. The van der Waals surface area contributed by atoms with E-state index < -0.39 is 17.6 Å². The van der Waals surface area contributed by atoms with Crippen LogP contribution < -0.4 is 5.32 Å². The van der Waals surface area contributed by atoms with E-state index in [0.29, 0.717) is 5.69 Å². The first-order valence-corrected chi connectivity index (χ1v) is 6.09. The van der Waals surface area contributed by atoms with Gasteiger partial charge in [-0.05, 0) is 19.1 Å². The molecule has 10 heteroatoms. The van der Waals surface area contributed by atoms with E-state index >= 15 is 0 Å². The van der Waals surface area contributed by atoms with Gasteiger partial charge in [0.1, 0.15) is 17.7 Å². The van der Waals surface area contributed by atoms with Crippen molar-refractivity contribution in [2.45, 2.75) is 13.1 Å². The molecule has 1 amide bonds. The Kier molecular flexibility index (Phi) is 3.08. The average molecular weight is 310 g/mol. The maximum Gasteiger partial charge on any atom is 0.417 e. The molecule has 0 saturated heterocycles. The maximum atomic E-state index is 12.8. The summed E-state index contributed by atoms with van der Waals surface area (Å²) in [6.07, 6.45) is -2.48. The fourth-order valence-corrected chi connectivity index (χ4v) is 2.04. The Balaban J connectivity index is 2.08. The number of halogens is 3. The predicted octanol–water partition coefficient (Wildman–Crippen LogP) is 2.03. The molecule has 7 nitrogen and oxygen atoms in total. The van der Waals surface area contributed by atoms with Crippen molar-refractivity contribution in [3.63, 3.8) is 0 Å². The number of imidazole rings is 1. The number of H-pyrrole nitrogens is 1. The highest BCUT2D eigenvalue weighted by Crippen LogP contribution is 2.29. The van der Waals surface area contributed by atoms with Gasteiger partial charge >= 0.3 is 6.18 Å². The van der Waals surface area contributed by atoms with Crippen molar-refractivity contribution >= 4 is 17.5 Å². The largest absolute Gasteiger partial charge is 0.417 e. The number of rotatable bonds is 2. The van der Waals surface area contributed by atoms with E-state index in [0.717, 1.165) is 16.7 Å². The maximum absolute atomic E-state index is 12.8. The number of carbonyl (C=O) groups is 1. The fourth-order valence-electron chi connectivity index (χ4n) is 2.04. The van der Waals surface area contributed by atoms with Gasteiger partial charge < -0.3 is 0 Å². The standard InChI is InChI=1S/C12H9F3N6O/c1-6-9(10(22)19-11-16-5-17-20-11)21-4-7(12(13,14)15)2-3-8(21)18-6/h2-5H,1H3,(H2,16,17,19,20,22). The quantitative estimate of drug-likeness (QED) is 0.758. The normalized spacial score (nSPS) is 11.8. The summed E-state index contributed by atoms with van der Waals surface area (Å²) in [6, 6.07) is 2.13. The van der Waals surface area contributed by atoms with Crippen LogP contribution in [0.1, 0.15) is 21.7 Å². The lowest BCUT2D eigenvalue weighted by atomic mass is 10.2. The molecular weight excluding hydrogens is 301 g/mol. The summed E-state index contributed by atoms with van der Waals surface area (Å²) < 4.78 is 39.5. The number of hydrogen-bond donors (Lipinski definition) is 2. The van der Waals surface area contributed by atoms with Gasteiger partial charge in [0.15, 0.2) is 0 Å². The SMILES string of the molecule is Cc1nc2ccc(C(F)(F)F)cn2c1C(=O)Nc1ncn[nH]1. The lowest BCUT2D eigenvalue weighted by Gasteiger charge is -2.08. The molecule has 3 aromatic heterocycles. The predicted molar refractivity (Wildman–Crippen MR) is 69.3 cm³/mol. The highest BCUT2D eigenvalue weighted by molar-refractivity contribution is 6.03. The van der Waals surface area contributed by atoms with Gasteiger partial charge in [0.25, 0.3) is 5.91 Å². The average Bonchev–Trinajstić information content (AvgIpc) is 3.02. The number of alkyl halides is 3. The molecule has 0 bridgehead atoms. The molecule has 0 atom stereocenters. The van der Waals surface area contributed by atoms with Crippen LogP contribution in [0.5, 0.6) is 0 Å². The van der Waals surface area contributed by atoms with Crippen LogP contribution in [-0.4, -0.2) is 30.5 Å². The topological polar surface area (TPSA) is 88.0 Å². The molecule has 0 fully saturated rings. The molecule has 0 aromatic carbocycles. The minimum atomic E-state index is -4.51. The summed E-state index contributed by atoms with van der Waals surface area (Å²) in [5, 5.41) is 8.40. The van der Waals surface area contributed by atoms with E-state index in [-0.39, 0.29) is 17.3 Å². The van der Waals surface area contributed by atoms with E-state index in [1.165, 1.54) is 19.3 Å². The van der Waals surface area contributed by atoms with Gasteiger partial charge in [-0.25, -0.2) is 10.1 Å².